The lowest BCUT2D eigenvalue weighted by atomic mass is 10.1. The van der Waals surface area contributed by atoms with Crippen LogP contribution in [-0.2, 0) is 0 Å². The van der Waals surface area contributed by atoms with E-state index in [1.165, 1.54) is 0 Å². The van der Waals surface area contributed by atoms with Crippen molar-refractivity contribution in [3.05, 3.63) is 89.8 Å². The zero-order valence-corrected chi connectivity index (χ0v) is 13.4. The summed E-state index contributed by atoms with van der Waals surface area (Å²) in [5.41, 5.74) is 4.37. The van der Waals surface area contributed by atoms with E-state index in [9.17, 15) is 0 Å². The number of nitrogens with zero attached hydrogens (tertiary/aromatic N) is 3. The Morgan fingerprint density at radius 2 is 2.00 bits per heavy atom. The summed E-state index contributed by atoms with van der Waals surface area (Å²) in [4.78, 5) is 0. The molecule has 0 aliphatic heterocycles. The maximum Gasteiger partial charge on any atom is 0.0991 e. The molecule has 0 amide bonds. The van der Waals surface area contributed by atoms with E-state index in [0.29, 0.717) is 5.56 Å². The van der Waals surface area contributed by atoms with E-state index >= 15 is 0 Å². The molecular formula is C20H19N3. The van der Waals surface area contributed by atoms with Gasteiger partial charge in [0, 0.05) is 6.20 Å². The first-order valence-corrected chi connectivity index (χ1v) is 7.37. The molecule has 0 aliphatic rings. The first-order chi connectivity index (χ1) is 11.1. The van der Waals surface area contributed by atoms with Crippen LogP contribution in [0.3, 0.4) is 0 Å². The van der Waals surface area contributed by atoms with Crippen molar-refractivity contribution in [3.8, 4) is 6.07 Å². The van der Waals surface area contributed by atoms with Crippen molar-refractivity contribution in [3.63, 3.8) is 0 Å². The van der Waals surface area contributed by atoms with Gasteiger partial charge < -0.3 is 0 Å². The largest absolute Gasteiger partial charge is 0.240 e. The molecule has 1 aromatic carbocycles. The van der Waals surface area contributed by atoms with Crippen LogP contribution < -0.4 is 0 Å². The monoisotopic (exact) mass is 301 g/mol. The highest BCUT2D eigenvalue weighted by molar-refractivity contribution is 5.64. The summed E-state index contributed by atoms with van der Waals surface area (Å²) in [6.45, 7) is 8.11. The second-order valence-corrected chi connectivity index (χ2v) is 5.09. The van der Waals surface area contributed by atoms with Crippen LogP contribution in [0.25, 0.3) is 11.8 Å². The maximum absolute atomic E-state index is 8.84. The van der Waals surface area contributed by atoms with Crippen molar-refractivity contribution < 1.29 is 0 Å². The first kappa shape index (κ1) is 16.3. The minimum Gasteiger partial charge on any atom is -0.240 e. The molecule has 0 atom stereocenters. The van der Waals surface area contributed by atoms with Crippen LogP contribution in [0, 0.1) is 11.3 Å². The normalized spacial score (nSPS) is 12.0. The van der Waals surface area contributed by atoms with Crippen LogP contribution in [0.15, 0.2) is 73.0 Å². The van der Waals surface area contributed by atoms with E-state index in [4.69, 9.17) is 5.26 Å². The molecule has 2 aromatic rings. The number of aromatic nitrogens is 2. The molecule has 2 rings (SSSR count). The molecule has 0 fully saturated rings. The average Bonchev–Trinajstić information content (AvgIpc) is 3.06. The molecule has 0 bridgehead atoms. The van der Waals surface area contributed by atoms with Gasteiger partial charge in [-0.15, -0.1) is 0 Å². The second-order valence-electron chi connectivity index (χ2n) is 5.09. The summed E-state index contributed by atoms with van der Waals surface area (Å²) in [6.07, 6.45) is 11.9. The Morgan fingerprint density at radius 3 is 2.65 bits per heavy atom. The summed E-state index contributed by atoms with van der Waals surface area (Å²) in [5, 5.41) is 13.3. The van der Waals surface area contributed by atoms with Gasteiger partial charge in [0.25, 0.3) is 0 Å². The molecule has 0 aliphatic carbocycles. The predicted octanol–water partition coefficient (Wildman–Crippen LogP) is 4.81. The Hall–Kier alpha value is -3.12. The van der Waals surface area contributed by atoms with E-state index in [1.807, 2.05) is 68.6 Å². The molecule has 0 spiro atoms. The molecule has 0 N–H and O–H groups in total. The minimum atomic E-state index is 0.633. The standard InChI is InChI=1S/C20H19N3/c1-4-5-6-16(2)7-12-20-13-14-23(22-20)17(3)19-10-8-18(15-21)9-11-19/h4-14H,3H2,1-2H3/b5-4-,12-7+,16-6+. The Bertz CT molecular complexity index is 809. The average molecular weight is 301 g/mol. The van der Waals surface area contributed by atoms with Gasteiger partial charge in [0.05, 0.1) is 23.0 Å². The molecule has 23 heavy (non-hydrogen) atoms. The predicted molar refractivity (Wildman–Crippen MR) is 95.4 cm³/mol. The van der Waals surface area contributed by atoms with Crippen LogP contribution in [-0.4, -0.2) is 9.78 Å². The highest BCUT2D eigenvalue weighted by atomic mass is 15.3. The fourth-order valence-electron chi connectivity index (χ4n) is 1.97. The van der Waals surface area contributed by atoms with E-state index in [2.05, 4.69) is 17.7 Å². The van der Waals surface area contributed by atoms with E-state index in [1.54, 1.807) is 16.8 Å². The summed E-state index contributed by atoms with van der Waals surface area (Å²) in [6, 6.07) is 11.4. The molecule has 0 saturated carbocycles. The molecule has 0 saturated heterocycles. The van der Waals surface area contributed by atoms with Crippen molar-refractivity contribution in [1.82, 2.24) is 9.78 Å². The first-order valence-electron chi connectivity index (χ1n) is 7.37. The Balaban J connectivity index is 2.13. The van der Waals surface area contributed by atoms with Gasteiger partial charge >= 0.3 is 0 Å². The van der Waals surface area contributed by atoms with Crippen molar-refractivity contribution in [2.24, 2.45) is 0 Å². The van der Waals surface area contributed by atoms with Crippen LogP contribution in [0.5, 0.6) is 0 Å². The molecule has 1 aromatic heterocycles. The van der Waals surface area contributed by atoms with Gasteiger partial charge in [-0.05, 0) is 43.7 Å². The van der Waals surface area contributed by atoms with Crippen LogP contribution in [0.4, 0.5) is 0 Å². The molecule has 1 heterocycles. The van der Waals surface area contributed by atoms with Gasteiger partial charge in [-0.25, -0.2) is 4.68 Å². The fraction of sp³-hybridized carbons (Fsp3) is 0.100. The third-order valence-electron chi connectivity index (χ3n) is 3.30. The van der Waals surface area contributed by atoms with Crippen LogP contribution >= 0.6 is 0 Å². The highest BCUT2D eigenvalue weighted by Gasteiger charge is 2.03. The minimum absolute atomic E-state index is 0.633. The molecular weight excluding hydrogens is 282 g/mol. The highest BCUT2D eigenvalue weighted by Crippen LogP contribution is 2.16. The SMILES string of the molecule is C=C(c1ccc(C#N)cc1)n1ccc(/C=C/C(C)=C/C=C\C)n1. The number of rotatable bonds is 5. The van der Waals surface area contributed by atoms with Gasteiger partial charge in [-0.2, -0.15) is 10.4 Å². The van der Waals surface area contributed by atoms with Gasteiger partial charge in [-0.1, -0.05) is 48.6 Å². The third kappa shape index (κ3) is 4.42. The van der Waals surface area contributed by atoms with E-state index in [-0.39, 0.29) is 0 Å². The Labute approximate surface area is 137 Å². The van der Waals surface area contributed by atoms with Gasteiger partial charge in [-0.3, -0.25) is 0 Å². The van der Waals surface area contributed by atoms with Gasteiger partial charge in [0.15, 0.2) is 0 Å². The molecule has 114 valence electrons. The van der Waals surface area contributed by atoms with Gasteiger partial charge in [0.2, 0.25) is 0 Å². The lowest BCUT2D eigenvalue weighted by molar-refractivity contribution is 0.901. The number of benzene rings is 1. The van der Waals surface area contributed by atoms with Crippen molar-refractivity contribution in [1.29, 1.82) is 5.26 Å². The van der Waals surface area contributed by atoms with Crippen LogP contribution in [0.2, 0.25) is 0 Å². The zero-order valence-electron chi connectivity index (χ0n) is 13.4. The van der Waals surface area contributed by atoms with Crippen molar-refractivity contribution in [2.45, 2.75) is 13.8 Å². The molecule has 0 unspecified atom stereocenters. The summed E-state index contributed by atoms with van der Waals surface area (Å²) >= 11 is 0. The topological polar surface area (TPSA) is 41.6 Å². The molecule has 3 nitrogen and oxygen atoms in total. The number of nitriles is 1. The summed E-state index contributed by atoms with van der Waals surface area (Å²) in [7, 11) is 0. The number of hydrogen-bond donors (Lipinski definition) is 0. The smallest absolute Gasteiger partial charge is 0.0991 e. The van der Waals surface area contributed by atoms with Crippen molar-refractivity contribution >= 4 is 11.8 Å². The molecule has 3 heteroatoms. The second kappa shape index (κ2) is 7.77. The number of allylic oxidation sites excluding steroid dienone is 5. The lowest BCUT2D eigenvalue weighted by Crippen LogP contribution is -1.98. The van der Waals surface area contributed by atoms with E-state index in [0.717, 1.165) is 22.5 Å². The van der Waals surface area contributed by atoms with Crippen molar-refractivity contribution in [2.75, 3.05) is 0 Å². The van der Waals surface area contributed by atoms with Crippen LogP contribution in [0.1, 0.15) is 30.7 Å². The summed E-state index contributed by atoms with van der Waals surface area (Å²) in [5.74, 6) is 0. The van der Waals surface area contributed by atoms with Gasteiger partial charge in [0.1, 0.15) is 0 Å². The Kier molecular flexibility index (Phi) is 5.49. The maximum atomic E-state index is 8.84. The van der Waals surface area contributed by atoms with E-state index < -0.39 is 0 Å². The molecule has 0 radical (unpaired) electrons. The summed E-state index contributed by atoms with van der Waals surface area (Å²) < 4.78 is 1.74. The third-order valence-corrected chi connectivity index (χ3v) is 3.30. The quantitative estimate of drug-likeness (QED) is 0.744. The zero-order chi connectivity index (χ0) is 16.7. The Morgan fingerprint density at radius 1 is 1.26 bits per heavy atom. The number of hydrogen-bond acceptors (Lipinski definition) is 2. The lowest BCUT2D eigenvalue weighted by Gasteiger charge is -2.05. The fourth-order valence-corrected chi connectivity index (χ4v) is 1.97.